The fourth-order valence-corrected chi connectivity index (χ4v) is 2.16. The van der Waals surface area contributed by atoms with E-state index in [0.717, 1.165) is 11.6 Å². The molecular weight excluding hydrogens is 347 g/mol. The van der Waals surface area contributed by atoms with E-state index in [1.807, 2.05) is 12.1 Å². The molecule has 0 spiro atoms. The minimum Gasteiger partial charge on any atom is -0.363 e. The van der Waals surface area contributed by atoms with Gasteiger partial charge in [-0.25, -0.2) is 4.98 Å². The van der Waals surface area contributed by atoms with Crippen LogP contribution < -0.4 is 15.5 Å². The molecule has 6 nitrogen and oxygen atoms in total. The van der Waals surface area contributed by atoms with Crippen LogP contribution in [-0.4, -0.2) is 36.5 Å². The maximum atomic E-state index is 13.0. The normalized spacial score (nSPS) is 11.2. The summed E-state index contributed by atoms with van der Waals surface area (Å²) in [6.07, 6.45) is -3.97. The minimum atomic E-state index is -4.54. The average Bonchev–Trinajstić information content (AvgIpc) is 2.55. The molecule has 1 heterocycles. The lowest BCUT2D eigenvalue weighted by Gasteiger charge is -2.16. The fourth-order valence-electron chi connectivity index (χ4n) is 2.16. The molecule has 1 aromatic carbocycles. The fraction of sp³-hybridized carbons (Fsp3) is 0.353. The molecular formula is C17H20F3N5O. The summed E-state index contributed by atoms with van der Waals surface area (Å²) < 4.78 is 38.9. The van der Waals surface area contributed by atoms with Gasteiger partial charge in [-0.15, -0.1) is 0 Å². The summed E-state index contributed by atoms with van der Waals surface area (Å²) in [6, 6.07) is 8.12. The quantitative estimate of drug-likeness (QED) is 0.821. The molecule has 0 fully saturated rings. The lowest BCUT2D eigenvalue weighted by Crippen LogP contribution is -2.18. The zero-order valence-electron chi connectivity index (χ0n) is 14.7. The van der Waals surface area contributed by atoms with Crippen LogP contribution in [0.4, 0.5) is 30.6 Å². The molecule has 9 heteroatoms. The predicted octanol–water partition coefficient (Wildman–Crippen LogP) is 3.17. The molecule has 0 unspecified atom stereocenters. The van der Waals surface area contributed by atoms with E-state index in [0.29, 0.717) is 18.7 Å². The second kappa shape index (κ2) is 8.03. The summed E-state index contributed by atoms with van der Waals surface area (Å²) >= 11 is 0. The number of hydrogen-bond donors (Lipinski definition) is 2. The Balaban J connectivity index is 2.02. The predicted molar refractivity (Wildman–Crippen MR) is 94.3 cm³/mol. The van der Waals surface area contributed by atoms with Gasteiger partial charge in [0.15, 0.2) is 5.69 Å². The van der Waals surface area contributed by atoms with E-state index in [4.69, 9.17) is 0 Å². The maximum Gasteiger partial charge on any atom is 0.433 e. The van der Waals surface area contributed by atoms with E-state index in [9.17, 15) is 18.0 Å². The van der Waals surface area contributed by atoms with Crippen molar-refractivity contribution in [3.05, 3.63) is 41.6 Å². The molecule has 0 aliphatic carbocycles. The van der Waals surface area contributed by atoms with Gasteiger partial charge in [0.05, 0.1) is 0 Å². The van der Waals surface area contributed by atoms with Crippen molar-refractivity contribution in [2.75, 3.05) is 36.2 Å². The zero-order valence-corrected chi connectivity index (χ0v) is 14.7. The van der Waals surface area contributed by atoms with E-state index < -0.39 is 11.9 Å². The molecule has 2 aromatic rings. The summed E-state index contributed by atoms with van der Waals surface area (Å²) in [4.78, 5) is 20.1. The third kappa shape index (κ3) is 5.61. The molecule has 26 heavy (non-hydrogen) atoms. The Hall–Kier alpha value is -2.84. The van der Waals surface area contributed by atoms with Gasteiger partial charge in [0.1, 0.15) is 5.82 Å². The van der Waals surface area contributed by atoms with Crippen LogP contribution in [0.2, 0.25) is 0 Å². The lowest BCUT2D eigenvalue weighted by molar-refractivity contribution is -0.141. The van der Waals surface area contributed by atoms with Crippen LogP contribution in [0.5, 0.6) is 0 Å². The summed E-state index contributed by atoms with van der Waals surface area (Å²) in [6.45, 7) is 1.79. The van der Waals surface area contributed by atoms with E-state index >= 15 is 0 Å². The van der Waals surface area contributed by atoms with Crippen molar-refractivity contribution >= 4 is 23.4 Å². The summed E-state index contributed by atoms with van der Waals surface area (Å²) in [7, 11) is 3.23. The Morgan fingerprint density at radius 1 is 1.15 bits per heavy atom. The first-order valence-corrected chi connectivity index (χ1v) is 7.89. The largest absolute Gasteiger partial charge is 0.433 e. The van der Waals surface area contributed by atoms with Crippen molar-refractivity contribution in [1.29, 1.82) is 0 Å². The Bertz CT molecular complexity index is 760. The van der Waals surface area contributed by atoms with Crippen LogP contribution in [0, 0.1) is 0 Å². The molecule has 0 radical (unpaired) electrons. The Morgan fingerprint density at radius 3 is 2.35 bits per heavy atom. The first-order chi connectivity index (χ1) is 12.1. The van der Waals surface area contributed by atoms with Crippen LogP contribution in [-0.2, 0) is 17.4 Å². The van der Waals surface area contributed by atoms with Crippen LogP contribution in [0.25, 0.3) is 0 Å². The Kier molecular flexibility index (Phi) is 6.01. The number of nitrogens with zero attached hydrogens (tertiary/aromatic N) is 3. The van der Waals surface area contributed by atoms with E-state index in [2.05, 4.69) is 20.6 Å². The molecule has 0 saturated heterocycles. The molecule has 0 atom stereocenters. The number of rotatable bonds is 6. The van der Waals surface area contributed by atoms with Crippen molar-refractivity contribution in [3.8, 4) is 0 Å². The van der Waals surface area contributed by atoms with Crippen molar-refractivity contribution in [2.45, 2.75) is 19.5 Å². The van der Waals surface area contributed by atoms with E-state index in [1.54, 1.807) is 26.2 Å². The Morgan fingerprint density at radius 2 is 1.81 bits per heavy atom. The van der Waals surface area contributed by atoms with Gasteiger partial charge in [0.25, 0.3) is 0 Å². The van der Waals surface area contributed by atoms with Gasteiger partial charge in [-0.3, -0.25) is 4.79 Å². The number of aromatic nitrogens is 2. The van der Waals surface area contributed by atoms with E-state index in [1.165, 1.54) is 11.8 Å². The standard InChI is InChI=1S/C17H20F3N5O/c1-11(26)22-13-6-4-12(5-7-13)8-9-21-16-23-14(17(18,19)20)10-15(24-16)25(2)3/h4-7,10H,8-9H2,1-3H3,(H,22,26)(H,21,23,24). The number of halogens is 3. The second-order valence-corrected chi connectivity index (χ2v) is 5.88. The molecule has 1 aromatic heterocycles. The van der Waals surface area contributed by atoms with E-state index in [-0.39, 0.29) is 17.7 Å². The maximum absolute atomic E-state index is 13.0. The van der Waals surface area contributed by atoms with Gasteiger partial charge < -0.3 is 15.5 Å². The van der Waals surface area contributed by atoms with Crippen molar-refractivity contribution in [2.24, 2.45) is 0 Å². The van der Waals surface area contributed by atoms with Crippen molar-refractivity contribution in [1.82, 2.24) is 9.97 Å². The van der Waals surface area contributed by atoms with Crippen LogP contribution in [0.15, 0.2) is 30.3 Å². The van der Waals surface area contributed by atoms with Gasteiger partial charge in [0, 0.05) is 39.3 Å². The van der Waals surface area contributed by atoms with Gasteiger partial charge >= 0.3 is 6.18 Å². The molecule has 1 amide bonds. The highest BCUT2D eigenvalue weighted by molar-refractivity contribution is 5.88. The van der Waals surface area contributed by atoms with Crippen molar-refractivity contribution in [3.63, 3.8) is 0 Å². The molecule has 0 aliphatic rings. The van der Waals surface area contributed by atoms with Crippen LogP contribution in [0.1, 0.15) is 18.2 Å². The smallest absolute Gasteiger partial charge is 0.363 e. The highest BCUT2D eigenvalue weighted by atomic mass is 19.4. The summed E-state index contributed by atoms with van der Waals surface area (Å²) in [5.41, 5.74) is 0.663. The number of anilines is 3. The number of alkyl halides is 3. The zero-order chi connectivity index (χ0) is 19.3. The monoisotopic (exact) mass is 367 g/mol. The average molecular weight is 367 g/mol. The highest BCUT2D eigenvalue weighted by Gasteiger charge is 2.33. The minimum absolute atomic E-state index is 0.0709. The molecule has 2 N–H and O–H groups in total. The number of carbonyl (C=O) groups excluding carboxylic acids is 1. The third-order valence-corrected chi connectivity index (χ3v) is 3.43. The van der Waals surface area contributed by atoms with Gasteiger partial charge in [-0.05, 0) is 24.1 Å². The molecule has 0 saturated carbocycles. The highest BCUT2D eigenvalue weighted by Crippen LogP contribution is 2.30. The molecule has 2 rings (SSSR count). The third-order valence-electron chi connectivity index (χ3n) is 3.43. The molecule has 140 valence electrons. The molecule has 0 aliphatic heterocycles. The van der Waals surface area contributed by atoms with Crippen LogP contribution in [0.3, 0.4) is 0 Å². The number of benzene rings is 1. The first kappa shape index (κ1) is 19.5. The SMILES string of the molecule is CC(=O)Nc1ccc(CCNc2nc(N(C)C)cc(C(F)(F)F)n2)cc1. The molecule has 0 bridgehead atoms. The number of carbonyl (C=O) groups is 1. The number of hydrogen-bond acceptors (Lipinski definition) is 5. The van der Waals surface area contributed by atoms with Gasteiger partial charge in [0.2, 0.25) is 11.9 Å². The van der Waals surface area contributed by atoms with Gasteiger partial charge in [-0.2, -0.15) is 18.2 Å². The van der Waals surface area contributed by atoms with Crippen molar-refractivity contribution < 1.29 is 18.0 Å². The number of nitrogens with one attached hydrogen (secondary N) is 2. The summed E-state index contributed by atoms with van der Waals surface area (Å²) in [5.74, 6) is -0.0503. The summed E-state index contributed by atoms with van der Waals surface area (Å²) in [5, 5.41) is 5.49. The van der Waals surface area contributed by atoms with Crippen LogP contribution >= 0.6 is 0 Å². The number of amides is 1. The van der Waals surface area contributed by atoms with Gasteiger partial charge in [-0.1, -0.05) is 12.1 Å². The Labute approximate surface area is 149 Å². The second-order valence-electron chi connectivity index (χ2n) is 5.88. The first-order valence-electron chi connectivity index (χ1n) is 7.89. The lowest BCUT2D eigenvalue weighted by atomic mass is 10.1. The topological polar surface area (TPSA) is 70.2 Å².